The molecule has 0 aromatic carbocycles. The predicted octanol–water partition coefficient (Wildman–Crippen LogP) is 0.330. The van der Waals surface area contributed by atoms with E-state index >= 15 is 0 Å². The van der Waals surface area contributed by atoms with Crippen molar-refractivity contribution in [3.05, 3.63) is 12.2 Å². The van der Waals surface area contributed by atoms with Crippen LogP contribution in [0.3, 0.4) is 0 Å². The second kappa shape index (κ2) is 6.05. The Hall–Kier alpha value is -0.880. The average Bonchev–Trinajstić information content (AvgIpc) is 2.69. The highest BCUT2D eigenvalue weighted by Gasteiger charge is 2.35. The molecule has 2 atom stereocenters. The van der Waals surface area contributed by atoms with Gasteiger partial charge in [0.1, 0.15) is 6.04 Å². The SMILES string of the molecule is CNC1CS(=O)(=O)CCN(C2CC=CCCC2)C1=O. The lowest BCUT2D eigenvalue weighted by Crippen LogP contribution is -2.50. The van der Waals surface area contributed by atoms with E-state index in [1.807, 2.05) is 0 Å². The van der Waals surface area contributed by atoms with E-state index in [1.54, 1.807) is 11.9 Å². The minimum absolute atomic E-state index is 0.0659. The van der Waals surface area contributed by atoms with Crippen molar-refractivity contribution in [3.63, 3.8) is 0 Å². The highest BCUT2D eigenvalue weighted by molar-refractivity contribution is 7.91. The number of hydrogen-bond donors (Lipinski definition) is 1. The maximum atomic E-state index is 12.5. The van der Waals surface area contributed by atoms with Crippen LogP contribution in [0.2, 0.25) is 0 Å². The first-order valence-corrected chi connectivity index (χ1v) is 8.69. The molecule has 1 aliphatic heterocycles. The number of hydrogen-bond acceptors (Lipinski definition) is 4. The molecule has 0 saturated carbocycles. The van der Waals surface area contributed by atoms with E-state index in [9.17, 15) is 13.2 Å². The lowest BCUT2D eigenvalue weighted by molar-refractivity contribution is -0.134. The van der Waals surface area contributed by atoms with Crippen LogP contribution in [-0.2, 0) is 14.6 Å². The smallest absolute Gasteiger partial charge is 0.241 e. The van der Waals surface area contributed by atoms with Gasteiger partial charge in [-0.25, -0.2) is 8.42 Å². The van der Waals surface area contributed by atoms with Crippen LogP contribution in [0.1, 0.15) is 25.7 Å². The van der Waals surface area contributed by atoms with Crippen molar-refractivity contribution in [2.24, 2.45) is 0 Å². The van der Waals surface area contributed by atoms with Gasteiger partial charge in [-0.05, 0) is 32.7 Å². The van der Waals surface area contributed by atoms with Gasteiger partial charge in [-0.1, -0.05) is 12.2 Å². The molecule has 1 amide bonds. The lowest BCUT2D eigenvalue weighted by atomic mass is 10.1. The third kappa shape index (κ3) is 3.57. The Morgan fingerprint density at radius 1 is 1.37 bits per heavy atom. The molecule has 2 unspecified atom stereocenters. The first-order chi connectivity index (χ1) is 9.03. The lowest BCUT2D eigenvalue weighted by Gasteiger charge is -2.31. The highest BCUT2D eigenvalue weighted by Crippen LogP contribution is 2.20. The molecule has 0 aromatic heterocycles. The molecule has 0 radical (unpaired) electrons. The third-order valence-corrected chi connectivity index (χ3v) is 5.56. The Labute approximate surface area is 115 Å². The second-order valence-electron chi connectivity index (χ2n) is 5.28. The average molecular weight is 286 g/mol. The van der Waals surface area contributed by atoms with E-state index in [0.29, 0.717) is 6.54 Å². The Morgan fingerprint density at radius 2 is 2.16 bits per heavy atom. The molecule has 2 aliphatic rings. The summed E-state index contributed by atoms with van der Waals surface area (Å²) in [5, 5.41) is 2.85. The van der Waals surface area contributed by atoms with Crippen LogP contribution in [-0.4, -0.2) is 56.4 Å². The number of nitrogens with zero attached hydrogens (tertiary/aromatic N) is 1. The summed E-state index contributed by atoms with van der Waals surface area (Å²) in [4.78, 5) is 14.2. The van der Waals surface area contributed by atoms with Gasteiger partial charge in [0.15, 0.2) is 9.84 Å². The van der Waals surface area contributed by atoms with Gasteiger partial charge < -0.3 is 10.2 Å². The zero-order valence-electron chi connectivity index (χ0n) is 11.3. The van der Waals surface area contributed by atoms with E-state index in [2.05, 4.69) is 17.5 Å². The van der Waals surface area contributed by atoms with Crippen molar-refractivity contribution in [1.82, 2.24) is 10.2 Å². The molecular weight excluding hydrogens is 264 g/mol. The van der Waals surface area contributed by atoms with Crippen molar-refractivity contribution >= 4 is 15.7 Å². The van der Waals surface area contributed by atoms with Gasteiger partial charge in [-0.15, -0.1) is 0 Å². The molecular formula is C13H22N2O3S. The molecule has 19 heavy (non-hydrogen) atoms. The topological polar surface area (TPSA) is 66.5 Å². The van der Waals surface area contributed by atoms with E-state index < -0.39 is 15.9 Å². The van der Waals surface area contributed by atoms with Gasteiger partial charge in [0.2, 0.25) is 5.91 Å². The first kappa shape index (κ1) is 14.5. The molecule has 5 nitrogen and oxygen atoms in total. The summed E-state index contributed by atoms with van der Waals surface area (Å²) in [7, 11) is -1.49. The predicted molar refractivity (Wildman–Crippen MR) is 74.6 cm³/mol. The van der Waals surface area contributed by atoms with Crippen molar-refractivity contribution in [2.45, 2.75) is 37.8 Å². The van der Waals surface area contributed by atoms with Crippen molar-refractivity contribution < 1.29 is 13.2 Å². The molecule has 1 saturated heterocycles. The van der Waals surface area contributed by atoms with Gasteiger partial charge in [-0.3, -0.25) is 4.79 Å². The second-order valence-corrected chi connectivity index (χ2v) is 7.51. The molecule has 1 N–H and O–H groups in total. The summed E-state index contributed by atoms with van der Waals surface area (Å²) in [5.41, 5.74) is 0. The van der Waals surface area contributed by atoms with Gasteiger partial charge in [-0.2, -0.15) is 0 Å². The van der Waals surface area contributed by atoms with Gasteiger partial charge >= 0.3 is 0 Å². The first-order valence-electron chi connectivity index (χ1n) is 6.86. The molecule has 6 heteroatoms. The number of allylic oxidation sites excluding steroid dienone is 1. The maximum absolute atomic E-state index is 12.5. The van der Waals surface area contributed by atoms with Crippen LogP contribution >= 0.6 is 0 Å². The van der Waals surface area contributed by atoms with Crippen LogP contribution < -0.4 is 5.32 Å². The van der Waals surface area contributed by atoms with Gasteiger partial charge in [0.25, 0.3) is 0 Å². The summed E-state index contributed by atoms with van der Waals surface area (Å²) in [6.45, 7) is 0.331. The monoisotopic (exact) mass is 286 g/mol. The number of rotatable bonds is 2. The summed E-state index contributed by atoms with van der Waals surface area (Å²) < 4.78 is 23.7. The summed E-state index contributed by atoms with van der Waals surface area (Å²) in [6, 6.07) is -0.449. The molecule has 0 bridgehead atoms. The van der Waals surface area contributed by atoms with Crippen LogP contribution in [0.25, 0.3) is 0 Å². The molecule has 1 fully saturated rings. The fourth-order valence-corrected chi connectivity index (χ4v) is 4.23. The Bertz CT molecular complexity index is 459. The van der Waals surface area contributed by atoms with E-state index in [-0.39, 0.29) is 23.5 Å². The van der Waals surface area contributed by atoms with Crippen LogP contribution in [0, 0.1) is 0 Å². The zero-order valence-corrected chi connectivity index (χ0v) is 12.2. The molecule has 1 aliphatic carbocycles. The van der Waals surface area contributed by atoms with Crippen molar-refractivity contribution in [2.75, 3.05) is 25.1 Å². The summed E-state index contributed by atoms with van der Waals surface area (Å²) in [5.74, 6) is -0.0673. The number of nitrogens with one attached hydrogen (secondary N) is 1. The Balaban J connectivity index is 2.18. The molecule has 2 rings (SSSR count). The van der Waals surface area contributed by atoms with Gasteiger partial charge in [0.05, 0.1) is 11.5 Å². The Kier molecular flexibility index (Phi) is 4.62. The van der Waals surface area contributed by atoms with Crippen LogP contribution in [0.5, 0.6) is 0 Å². The number of carbonyl (C=O) groups is 1. The molecule has 0 spiro atoms. The number of sulfone groups is 1. The van der Waals surface area contributed by atoms with E-state index in [1.165, 1.54) is 0 Å². The largest absolute Gasteiger partial charge is 0.337 e. The highest BCUT2D eigenvalue weighted by atomic mass is 32.2. The number of carbonyl (C=O) groups excluding carboxylic acids is 1. The van der Waals surface area contributed by atoms with Gasteiger partial charge in [0, 0.05) is 12.6 Å². The standard InChI is InChI=1S/C13H22N2O3S/c1-14-12-10-19(17,18)9-8-15(13(12)16)11-6-4-2-3-5-7-11/h2,4,11-12,14H,3,5-10H2,1H3. The van der Waals surface area contributed by atoms with Crippen molar-refractivity contribution in [1.29, 1.82) is 0 Å². The number of amides is 1. The zero-order chi connectivity index (χ0) is 13.9. The third-order valence-electron chi connectivity index (χ3n) is 3.92. The molecule has 1 heterocycles. The fraction of sp³-hybridized carbons (Fsp3) is 0.769. The minimum Gasteiger partial charge on any atom is -0.337 e. The van der Waals surface area contributed by atoms with Crippen LogP contribution in [0.15, 0.2) is 12.2 Å². The maximum Gasteiger partial charge on any atom is 0.241 e. The van der Waals surface area contributed by atoms with E-state index in [0.717, 1.165) is 25.7 Å². The fourth-order valence-electron chi connectivity index (χ4n) is 2.77. The molecule has 0 aromatic rings. The number of likely N-dealkylation sites (N-methyl/N-ethyl adjacent to an activating group) is 1. The summed E-state index contributed by atoms with van der Waals surface area (Å²) >= 11 is 0. The minimum atomic E-state index is -3.14. The normalized spacial score (nSPS) is 31.8. The van der Waals surface area contributed by atoms with E-state index in [4.69, 9.17) is 0 Å². The Morgan fingerprint density at radius 3 is 2.89 bits per heavy atom. The van der Waals surface area contributed by atoms with Crippen molar-refractivity contribution in [3.8, 4) is 0 Å². The quantitative estimate of drug-likeness (QED) is 0.743. The summed E-state index contributed by atoms with van der Waals surface area (Å²) in [6.07, 6.45) is 8.15. The van der Waals surface area contributed by atoms with Crippen LogP contribution in [0.4, 0.5) is 0 Å². The molecule has 108 valence electrons.